The highest BCUT2D eigenvalue weighted by Crippen LogP contribution is 2.32. The SMILES string of the molecule is c1cc2cc(c1)CSCc1cc3c(cc1CSC2)CCC3. The Balaban J connectivity index is 1.64. The minimum Gasteiger partial charge on any atom is -0.152 e. The Kier molecular flexibility index (Phi) is 4.00. The summed E-state index contributed by atoms with van der Waals surface area (Å²) < 4.78 is 0. The van der Waals surface area contributed by atoms with E-state index in [0.29, 0.717) is 0 Å². The van der Waals surface area contributed by atoms with Crippen LogP contribution in [0.5, 0.6) is 0 Å². The molecule has 4 rings (SSSR count). The number of aryl methyl sites for hydroxylation is 2. The molecule has 1 aliphatic heterocycles. The lowest BCUT2D eigenvalue weighted by atomic mass is 10.0. The molecule has 2 heteroatoms. The van der Waals surface area contributed by atoms with Crippen molar-refractivity contribution in [1.29, 1.82) is 0 Å². The molecule has 2 aliphatic rings. The third-order valence-corrected chi connectivity index (χ3v) is 6.56. The van der Waals surface area contributed by atoms with Crippen molar-refractivity contribution in [3.63, 3.8) is 0 Å². The number of fused-ring (bicyclic) bond motifs is 4. The van der Waals surface area contributed by atoms with Gasteiger partial charge in [-0.15, -0.1) is 0 Å². The van der Waals surface area contributed by atoms with E-state index in [0.717, 1.165) is 23.0 Å². The van der Waals surface area contributed by atoms with E-state index < -0.39 is 0 Å². The van der Waals surface area contributed by atoms with Gasteiger partial charge in [-0.25, -0.2) is 0 Å². The van der Waals surface area contributed by atoms with Crippen LogP contribution in [0.25, 0.3) is 0 Å². The maximum Gasteiger partial charge on any atom is 0.0191 e. The molecule has 2 bridgehead atoms. The lowest BCUT2D eigenvalue weighted by Crippen LogP contribution is -1.95. The summed E-state index contributed by atoms with van der Waals surface area (Å²) in [5, 5.41) is 0. The first-order valence-corrected chi connectivity index (χ1v) is 10.1. The van der Waals surface area contributed by atoms with Gasteiger partial charge in [-0.1, -0.05) is 36.4 Å². The Labute approximate surface area is 135 Å². The highest BCUT2D eigenvalue weighted by molar-refractivity contribution is 7.98. The zero-order valence-electron chi connectivity index (χ0n) is 12.2. The van der Waals surface area contributed by atoms with Crippen LogP contribution in [0.4, 0.5) is 0 Å². The van der Waals surface area contributed by atoms with Crippen LogP contribution in [0.1, 0.15) is 39.8 Å². The molecule has 0 N–H and O–H groups in total. The van der Waals surface area contributed by atoms with Crippen molar-refractivity contribution >= 4 is 23.5 Å². The van der Waals surface area contributed by atoms with Crippen molar-refractivity contribution in [3.05, 3.63) is 69.8 Å². The molecule has 0 nitrogen and oxygen atoms in total. The molecular weight excluding hydrogens is 292 g/mol. The quantitative estimate of drug-likeness (QED) is 0.642. The molecule has 0 radical (unpaired) electrons. The molecular formula is C19H20S2. The Morgan fingerprint density at radius 3 is 1.76 bits per heavy atom. The Morgan fingerprint density at radius 1 is 0.619 bits per heavy atom. The van der Waals surface area contributed by atoms with Crippen LogP contribution in [-0.4, -0.2) is 0 Å². The minimum atomic E-state index is 1.13. The van der Waals surface area contributed by atoms with Gasteiger partial charge < -0.3 is 0 Å². The number of hydrogen-bond donors (Lipinski definition) is 0. The molecule has 21 heavy (non-hydrogen) atoms. The third-order valence-electron chi connectivity index (χ3n) is 4.46. The van der Waals surface area contributed by atoms with Crippen molar-refractivity contribution in [2.24, 2.45) is 0 Å². The van der Waals surface area contributed by atoms with E-state index in [1.54, 1.807) is 22.3 Å². The third kappa shape index (κ3) is 3.02. The fourth-order valence-corrected chi connectivity index (χ4v) is 5.37. The van der Waals surface area contributed by atoms with Crippen molar-refractivity contribution in [1.82, 2.24) is 0 Å². The Bertz CT molecular complexity index is 608. The molecule has 0 unspecified atom stereocenters. The lowest BCUT2D eigenvalue weighted by Gasteiger charge is -2.12. The molecule has 1 heterocycles. The van der Waals surface area contributed by atoms with Gasteiger partial charge in [0.1, 0.15) is 0 Å². The van der Waals surface area contributed by atoms with E-state index in [4.69, 9.17) is 0 Å². The topological polar surface area (TPSA) is 0 Å². The monoisotopic (exact) mass is 312 g/mol. The normalized spacial score (nSPS) is 17.7. The van der Waals surface area contributed by atoms with Crippen molar-refractivity contribution in [2.75, 3.05) is 0 Å². The molecule has 0 fully saturated rings. The predicted octanol–water partition coefficient (Wildman–Crippen LogP) is 5.36. The van der Waals surface area contributed by atoms with Crippen LogP contribution in [0, 0.1) is 0 Å². The van der Waals surface area contributed by atoms with Crippen LogP contribution < -0.4 is 0 Å². The predicted molar refractivity (Wildman–Crippen MR) is 94.9 cm³/mol. The fourth-order valence-electron chi connectivity index (χ4n) is 3.36. The Morgan fingerprint density at radius 2 is 1.19 bits per heavy atom. The van der Waals surface area contributed by atoms with Crippen LogP contribution in [-0.2, 0) is 35.9 Å². The Hall–Kier alpha value is -0.860. The van der Waals surface area contributed by atoms with Crippen molar-refractivity contribution in [2.45, 2.75) is 42.3 Å². The summed E-state index contributed by atoms with van der Waals surface area (Å²) in [6, 6.07) is 14.2. The maximum atomic E-state index is 2.51. The largest absolute Gasteiger partial charge is 0.152 e. The molecule has 0 aromatic heterocycles. The van der Waals surface area contributed by atoms with Gasteiger partial charge in [-0.05, 0) is 52.6 Å². The summed E-state index contributed by atoms with van der Waals surface area (Å²) in [7, 11) is 0. The minimum absolute atomic E-state index is 1.13. The highest BCUT2D eigenvalue weighted by Gasteiger charge is 2.15. The molecule has 2 aromatic carbocycles. The molecule has 0 saturated carbocycles. The fraction of sp³-hybridized carbons (Fsp3) is 0.368. The summed E-state index contributed by atoms with van der Waals surface area (Å²) in [4.78, 5) is 0. The number of thioether (sulfide) groups is 2. The van der Waals surface area contributed by atoms with E-state index >= 15 is 0 Å². The molecule has 2 aromatic rings. The van der Waals surface area contributed by atoms with E-state index in [1.807, 2.05) is 0 Å². The summed E-state index contributed by atoms with van der Waals surface area (Å²) >= 11 is 4.12. The molecule has 1 aliphatic carbocycles. The average Bonchev–Trinajstić information content (AvgIpc) is 2.93. The first-order valence-electron chi connectivity index (χ1n) is 7.75. The summed E-state index contributed by atoms with van der Waals surface area (Å²) in [5.41, 5.74) is 9.36. The lowest BCUT2D eigenvalue weighted by molar-refractivity contribution is 0.911. The molecule has 0 amide bonds. The second-order valence-electron chi connectivity index (χ2n) is 6.05. The van der Waals surface area contributed by atoms with Gasteiger partial charge in [0, 0.05) is 23.0 Å². The van der Waals surface area contributed by atoms with Gasteiger partial charge in [-0.3, -0.25) is 0 Å². The molecule has 0 atom stereocenters. The average molecular weight is 313 g/mol. The van der Waals surface area contributed by atoms with Gasteiger partial charge in [0.05, 0.1) is 0 Å². The standard InChI is InChI=1S/C19H20S2/c1-3-14-7-15(4-1)11-21-13-19-9-17-6-2-5-16(17)8-18(19)12-20-10-14/h1,3-4,7-9H,2,5-6,10-13H2. The number of rotatable bonds is 0. The zero-order valence-corrected chi connectivity index (χ0v) is 13.9. The van der Waals surface area contributed by atoms with E-state index in [1.165, 1.54) is 30.4 Å². The van der Waals surface area contributed by atoms with E-state index in [9.17, 15) is 0 Å². The zero-order chi connectivity index (χ0) is 14.1. The van der Waals surface area contributed by atoms with E-state index in [2.05, 4.69) is 59.9 Å². The molecule has 0 saturated heterocycles. The second-order valence-corrected chi connectivity index (χ2v) is 8.02. The van der Waals surface area contributed by atoms with E-state index in [-0.39, 0.29) is 0 Å². The van der Waals surface area contributed by atoms with Crippen molar-refractivity contribution < 1.29 is 0 Å². The first-order chi connectivity index (χ1) is 10.4. The van der Waals surface area contributed by atoms with Crippen LogP contribution in [0.15, 0.2) is 36.4 Å². The maximum absolute atomic E-state index is 2.51. The van der Waals surface area contributed by atoms with Gasteiger partial charge in [-0.2, -0.15) is 23.5 Å². The van der Waals surface area contributed by atoms with Gasteiger partial charge >= 0.3 is 0 Å². The van der Waals surface area contributed by atoms with Crippen molar-refractivity contribution in [3.8, 4) is 0 Å². The molecule has 108 valence electrons. The summed E-state index contributed by atoms with van der Waals surface area (Å²) in [6.07, 6.45) is 3.94. The molecule has 0 spiro atoms. The van der Waals surface area contributed by atoms with Gasteiger partial charge in [0.2, 0.25) is 0 Å². The second kappa shape index (κ2) is 6.10. The van der Waals surface area contributed by atoms with Crippen LogP contribution >= 0.6 is 23.5 Å². The van der Waals surface area contributed by atoms with Gasteiger partial charge in [0.25, 0.3) is 0 Å². The van der Waals surface area contributed by atoms with Crippen LogP contribution in [0.2, 0.25) is 0 Å². The van der Waals surface area contributed by atoms with Gasteiger partial charge in [0.15, 0.2) is 0 Å². The number of hydrogen-bond acceptors (Lipinski definition) is 2. The number of benzene rings is 2. The first kappa shape index (κ1) is 13.8. The van der Waals surface area contributed by atoms with Crippen LogP contribution in [0.3, 0.4) is 0 Å². The smallest absolute Gasteiger partial charge is 0.0191 e. The summed E-state index contributed by atoms with van der Waals surface area (Å²) in [5.74, 6) is 4.59. The summed E-state index contributed by atoms with van der Waals surface area (Å²) in [6.45, 7) is 0. The highest BCUT2D eigenvalue weighted by atomic mass is 32.2.